The smallest absolute Gasteiger partial charge is 0.343 e. The minimum atomic E-state index is -0.482. The number of carbonyl (C=O) groups is 2. The van der Waals surface area contributed by atoms with E-state index in [4.69, 9.17) is 10.5 Å². The van der Waals surface area contributed by atoms with Crippen molar-refractivity contribution in [3.8, 4) is 0 Å². The van der Waals surface area contributed by atoms with E-state index in [1.807, 2.05) is 11.9 Å². The van der Waals surface area contributed by atoms with Gasteiger partial charge in [0.1, 0.15) is 10.6 Å². The zero-order chi connectivity index (χ0) is 15.6. The number of anilines is 2. The van der Waals surface area contributed by atoms with E-state index in [0.717, 1.165) is 11.5 Å². The number of hydrogen-bond donors (Lipinski definition) is 1. The first kappa shape index (κ1) is 15.8. The summed E-state index contributed by atoms with van der Waals surface area (Å²) < 4.78 is 4.82. The fraction of sp³-hybridized carbons (Fsp3) is 0.600. The van der Waals surface area contributed by atoms with Gasteiger partial charge in [-0.1, -0.05) is 12.8 Å². The van der Waals surface area contributed by atoms with E-state index >= 15 is 0 Å². The van der Waals surface area contributed by atoms with Gasteiger partial charge < -0.3 is 15.4 Å². The maximum Gasteiger partial charge on any atom is 0.343 e. The molecular weight excluding hydrogens is 288 g/mol. The molecule has 0 bridgehead atoms. The van der Waals surface area contributed by atoms with Gasteiger partial charge in [-0.05, 0) is 18.8 Å². The molecule has 0 aliphatic heterocycles. The molecule has 1 aliphatic carbocycles. The Bertz CT molecular complexity index is 547. The molecule has 0 radical (unpaired) electrons. The van der Waals surface area contributed by atoms with Gasteiger partial charge in [-0.2, -0.15) is 0 Å². The van der Waals surface area contributed by atoms with Crippen LogP contribution in [-0.2, 0) is 4.74 Å². The lowest BCUT2D eigenvalue weighted by atomic mass is 10.1. The van der Waals surface area contributed by atoms with Crippen molar-refractivity contribution in [1.82, 2.24) is 0 Å². The third-order valence-corrected chi connectivity index (χ3v) is 5.41. The van der Waals surface area contributed by atoms with Crippen molar-refractivity contribution >= 4 is 33.8 Å². The quantitative estimate of drug-likeness (QED) is 0.668. The standard InChI is InChI=1S/C15H22N2O3S/c1-9(18)13-12(16)11(15(19)20-3)14(21-13)17(2)8-10-6-4-5-7-10/h10H,4-8,16H2,1-3H3. The van der Waals surface area contributed by atoms with E-state index < -0.39 is 5.97 Å². The molecule has 0 atom stereocenters. The molecule has 0 unspecified atom stereocenters. The third-order valence-electron chi connectivity index (χ3n) is 3.99. The predicted molar refractivity (Wildman–Crippen MR) is 85.3 cm³/mol. The van der Waals surface area contributed by atoms with E-state index in [1.165, 1.54) is 51.1 Å². The zero-order valence-corrected chi connectivity index (χ0v) is 13.6. The summed E-state index contributed by atoms with van der Waals surface area (Å²) in [4.78, 5) is 26.1. The second-order valence-electron chi connectivity index (χ2n) is 5.60. The normalized spacial score (nSPS) is 15.2. The van der Waals surface area contributed by atoms with Crippen molar-refractivity contribution in [3.63, 3.8) is 0 Å². The number of rotatable bonds is 5. The number of nitrogens with zero attached hydrogens (tertiary/aromatic N) is 1. The number of thiophene rings is 1. The largest absolute Gasteiger partial charge is 0.465 e. The van der Waals surface area contributed by atoms with Gasteiger partial charge in [-0.15, -0.1) is 11.3 Å². The Morgan fingerprint density at radius 3 is 2.52 bits per heavy atom. The molecule has 2 N–H and O–H groups in total. The Labute approximate surface area is 129 Å². The van der Waals surface area contributed by atoms with Gasteiger partial charge in [0.15, 0.2) is 5.78 Å². The fourth-order valence-corrected chi connectivity index (χ4v) is 4.00. The number of carbonyl (C=O) groups excluding carboxylic acids is 2. The molecule has 1 aromatic rings. The van der Waals surface area contributed by atoms with E-state index in [1.54, 1.807) is 0 Å². The number of ether oxygens (including phenoxy) is 1. The molecule has 1 aliphatic rings. The minimum Gasteiger partial charge on any atom is -0.465 e. The number of ketones is 1. The molecule has 1 fully saturated rings. The summed E-state index contributed by atoms with van der Waals surface area (Å²) in [5.74, 6) is 0.0392. The minimum absolute atomic E-state index is 0.122. The highest BCUT2D eigenvalue weighted by Crippen LogP contribution is 2.39. The van der Waals surface area contributed by atoms with Crippen LogP contribution in [0.4, 0.5) is 10.7 Å². The van der Waals surface area contributed by atoms with Crippen molar-refractivity contribution in [2.45, 2.75) is 32.6 Å². The average molecular weight is 310 g/mol. The van der Waals surface area contributed by atoms with Gasteiger partial charge in [0.05, 0.1) is 17.7 Å². The van der Waals surface area contributed by atoms with Crippen molar-refractivity contribution in [3.05, 3.63) is 10.4 Å². The molecule has 1 saturated carbocycles. The van der Waals surface area contributed by atoms with E-state index in [-0.39, 0.29) is 11.5 Å². The maximum atomic E-state index is 12.0. The first-order valence-corrected chi connectivity index (χ1v) is 8.00. The zero-order valence-electron chi connectivity index (χ0n) is 12.8. The molecule has 116 valence electrons. The summed E-state index contributed by atoms with van der Waals surface area (Å²) in [7, 11) is 3.27. The lowest BCUT2D eigenvalue weighted by Gasteiger charge is -2.22. The van der Waals surface area contributed by atoms with E-state index in [0.29, 0.717) is 16.4 Å². The Hall–Kier alpha value is -1.56. The number of nitrogens with two attached hydrogens (primary N) is 1. The van der Waals surface area contributed by atoms with Crippen molar-refractivity contribution in [1.29, 1.82) is 0 Å². The number of nitrogen functional groups attached to an aromatic ring is 1. The van der Waals surface area contributed by atoms with Crippen LogP contribution in [0.15, 0.2) is 0 Å². The fourth-order valence-electron chi connectivity index (χ4n) is 2.92. The highest BCUT2D eigenvalue weighted by molar-refractivity contribution is 7.19. The average Bonchev–Trinajstić information content (AvgIpc) is 3.05. The molecule has 0 spiro atoms. The molecule has 1 aromatic heterocycles. The molecule has 1 heterocycles. The Morgan fingerprint density at radius 1 is 1.38 bits per heavy atom. The Balaban J connectivity index is 2.33. The van der Waals surface area contributed by atoms with Crippen LogP contribution in [0.3, 0.4) is 0 Å². The Kier molecular flexibility index (Phi) is 4.88. The summed E-state index contributed by atoms with van der Waals surface area (Å²) in [5.41, 5.74) is 6.56. The topological polar surface area (TPSA) is 72.6 Å². The van der Waals surface area contributed by atoms with Crippen LogP contribution in [0.1, 0.15) is 52.6 Å². The Morgan fingerprint density at radius 2 is 2.00 bits per heavy atom. The van der Waals surface area contributed by atoms with Gasteiger partial charge in [-0.3, -0.25) is 4.79 Å². The van der Waals surface area contributed by atoms with Crippen LogP contribution >= 0.6 is 11.3 Å². The monoisotopic (exact) mass is 310 g/mol. The number of esters is 1. The third kappa shape index (κ3) is 3.20. The maximum absolute atomic E-state index is 12.0. The molecule has 0 amide bonds. The molecule has 0 aromatic carbocycles. The summed E-state index contributed by atoms with van der Waals surface area (Å²) in [6.45, 7) is 2.34. The lowest BCUT2D eigenvalue weighted by molar-refractivity contribution is 0.0603. The number of Topliss-reactive ketones (excluding diaryl/α,β-unsaturated/α-hetero) is 1. The van der Waals surface area contributed by atoms with Crippen LogP contribution in [0.25, 0.3) is 0 Å². The number of hydrogen-bond acceptors (Lipinski definition) is 6. The predicted octanol–water partition coefficient (Wildman–Crippen LogP) is 2.95. The summed E-state index contributed by atoms with van der Waals surface area (Å²) >= 11 is 1.28. The second kappa shape index (κ2) is 6.47. The molecule has 2 rings (SSSR count). The van der Waals surface area contributed by atoms with Gasteiger partial charge in [0.2, 0.25) is 0 Å². The van der Waals surface area contributed by atoms with E-state index in [9.17, 15) is 9.59 Å². The first-order chi connectivity index (χ1) is 9.95. The summed E-state index contributed by atoms with van der Waals surface area (Å²) in [5, 5.41) is 0.733. The highest BCUT2D eigenvalue weighted by Gasteiger charge is 2.28. The summed E-state index contributed by atoms with van der Waals surface area (Å²) in [6, 6.07) is 0. The summed E-state index contributed by atoms with van der Waals surface area (Å²) in [6.07, 6.45) is 4.98. The molecule has 0 saturated heterocycles. The second-order valence-corrected chi connectivity index (χ2v) is 6.60. The molecule has 6 heteroatoms. The van der Waals surface area contributed by atoms with Crippen LogP contribution in [0.5, 0.6) is 0 Å². The molecule has 5 nitrogen and oxygen atoms in total. The van der Waals surface area contributed by atoms with Gasteiger partial charge in [-0.25, -0.2) is 4.79 Å². The van der Waals surface area contributed by atoms with Crippen LogP contribution < -0.4 is 10.6 Å². The molecular formula is C15H22N2O3S. The van der Waals surface area contributed by atoms with E-state index in [2.05, 4.69) is 0 Å². The highest BCUT2D eigenvalue weighted by atomic mass is 32.1. The lowest BCUT2D eigenvalue weighted by Crippen LogP contribution is -2.25. The van der Waals surface area contributed by atoms with Gasteiger partial charge in [0.25, 0.3) is 0 Å². The van der Waals surface area contributed by atoms with Crippen LogP contribution in [-0.4, -0.2) is 32.5 Å². The van der Waals surface area contributed by atoms with Gasteiger partial charge >= 0.3 is 5.97 Å². The van der Waals surface area contributed by atoms with Crippen molar-refractivity contribution in [2.24, 2.45) is 5.92 Å². The first-order valence-electron chi connectivity index (χ1n) is 7.18. The van der Waals surface area contributed by atoms with Crippen molar-refractivity contribution in [2.75, 3.05) is 31.3 Å². The van der Waals surface area contributed by atoms with Crippen molar-refractivity contribution < 1.29 is 14.3 Å². The van der Waals surface area contributed by atoms with Crippen LogP contribution in [0, 0.1) is 5.92 Å². The molecule has 21 heavy (non-hydrogen) atoms. The number of methoxy groups -OCH3 is 1. The van der Waals surface area contributed by atoms with Gasteiger partial charge in [0, 0.05) is 20.5 Å². The van der Waals surface area contributed by atoms with Crippen LogP contribution in [0.2, 0.25) is 0 Å². The SMILES string of the molecule is COC(=O)c1c(N(C)CC2CCCC2)sc(C(C)=O)c1N.